The predicted octanol–water partition coefficient (Wildman–Crippen LogP) is 3.25. The summed E-state index contributed by atoms with van der Waals surface area (Å²) in [4.78, 5) is 12.5. The first kappa shape index (κ1) is 12.7. The summed E-state index contributed by atoms with van der Waals surface area (Å²) in [5, 5.41) is 0. The number of benzene rings is 2. The number of para-hydroxylation sites is 1. The van der Waals surface area contributed by atoms with Gasteiger partial charge >= 0.3 is 0 Å². The lowest BCUT2D eigenvalue weighted by Crippen LogP contribution is -2.50. The van der Waals surface area contributed by atoms with E-state index in [2.05, 4.69) is 10.9 Å². The number of hydrazine groups is 1. The fourth-order valence-electron chi connectivity index (χ4n) is 2.70. The van der Waals surface area contributed by atoms with E-state index in [1.165, 1.54) is 0 Å². The summed E-state index contributed by atoms with van der Waals surface area (Å²) >= 11 is 0. The molecule has 3 rings (SSSR count). The van der Waals surface area contributed by atoms with Gasteiger partial charge < -0.3 is 0 Å². The molecule has 2 aromatic carbocycles. The molecule has 0 aliphatic heterocycles. The van der Waals surface area contributed by atoms with Crippen molar-refractivity contribution in [2.24, 2.45) is 0 Å². The average molecular weight is 266 g/mol. The van der Waals surface area contributed by atoms with Gasteiger partial charge in [-0.15, -0.1) is 0 Å². The molecule has 0 aromatic heterocycles. The highest BCUT2D eigenvalue weighted by atomic mass is 16.2. The molecule has 0 atom stereocenters. The van der Waals surface area contributed by atoms with E-state index in [-0.39, 0.29) is 11.3 Å². The van der Waals surface area contributed by atoms with Crippen molar-refractivity contribution in [3.8, 4) is 0 Å². The summed E-state index contributed by atoms with van der Waals surface area (Å²) in [6.07, 6.45) is 2.94. The van der Waals surface area contributed by atoms with Crippen LogP contribution in [0.15, 0.2) is 60.7 Å². The maximum Gasteiger partial charge on any atom is 0.248 e. The van der Waals surface area contributed by atoms with Crippen LogP contribution in [-0.4, -0.2) is 5.91 Å². The number of carbonyl (C=O) groups is 1. The molecule has 102 valence electrons. The van der Waals surface area contributed by atoms with Crippen LogP contribution in [-0.2, 0) is 10.2 Å². The van der Waals surface area contributed by atoms with Gasteiger partial charge in [-0.25, -0.2) is 0 Å². The Balaban J connectivity index is 1.72. The Bertz CT molecular complexity index is 576. The van der Waals surface area contributed by atoms with E-state index in [1.54, 1.807) is 0 Å². The lowest BCUT2D eigenvalue weighted by atomic mass is 9.64. The SMILES string of the molecule is O=C(NNc1ccccc1)C1(c2ccccc2)CCC1. The molecule has 3 nitrogen and oxygen atoms in total. The molecule has 2 N–H and O–H groups in total. The smallest absolute Gasteiger partial charge is 0.248 e. The van der Waals surface area contributed by atoms with E-state index in [0.29, 0.717) is 0 Å². The number of amides is 1. The summed E-state index contributed by atoms with van der Waals surface area (Å²) in [5.41, 5.74) is 7.48. The lowest BCUT2D eigenvalue weighted by Gasteiger charge is -2.40. The van der Waals surface area contributed by atoms with Gasteiger partial charge in [0.15, 0.2) is 0 Å². The molecule has 0 bridgehead atoms. The van der Waals surface area contributed by atoms with E-state index in [0.717, 1.165) is 30.5 Å². The molecule has 2 aromatic rings. The number of hydrogen-bond donors (Lipinski definition) is 2. The average Bonchev–Trinajstić information content (AvgIpc) is 2.46. The van der Waals surface area contributed by atoms with Crippen LogP contribution < -0.4 is 10.9 Å². The zero-order chi connectivity index (χ0) is 13.8. The second-order valence-electron chi connectivity index (χ2n) is 5.25. The third-order valence-electron chi connectivity index (χ3n) is 4.06. The monoisotopic (exact) mass is 266 g/mol. The van der Waals surface area contributed by atoms with Crippen molar-refractivity contribution in [3.63, 3.8) is 0 Å². The van der Waals surface area contributed by atoms with Gasteiger partial charge in [0.25, 0.3) is 0 Å². The molecule has 1 amide bonds. The van der Waals surface area contributed by atoms with Crippen LogP contribution in [0.2, 0.25) is 0 Å². The van der Waals surface area contributed by atoms with E-state index >= 15 is 0 Å². The summed E-state index contributed by atoms with van der Waals surface area (Å²) in [6.45, 7) is 0. The van der Waals surface area contributed by atoms with E-state index in [1.807, 2.05) is 60.7 Å². The number of carbonyl (C=O) groups excluding carboxylic acids is 1. The van der Waals surface area contributed by atoms with Crippen molar-refractivity contribution in [2.45, 2.75) is 24.7 Å². The quantitative estimate of drug-likeness (QED) is 0.834. The van der Waals surface area contributed by atoms with Gasteiger partial charge in [0.05, 0.1) is 11.1 Å². The number of nitrogens with one attached hydrogen (secondary N) is 2. The Kier molecular flexibility index (Phi) is 3.42. The van der Waals surface area contributed by atoms with Crippen LogP contribution in [0, 0.1) is 0 Å². The minimum Gasteiger partial charge on any atom is -0.299 e. The molecule has 0 radical (unpaired) electrons. The Morgan fingerprint density at radius 1 is 0.900 bits per heavy atom. The van der Waals surface area contributed by atoms with Gasteiger partial charge in [0, 0.05) is 0 Å². The topological polar surface area (TPSA) is 41.1 Å². The maximum absolute atomic E-state index is 12.5. The summed E-state index contributed by atoms with van der Waals surface area (Å²) in [5.74, 6) is 0.0544. The number of anilines is 1. The Morgan fingerprint density at radius 3 is 2.05 bits per heavy atom. The molecule has 20 heavy (non-hydrogen) atoms. The third kappa shape index (κ3) is 2.27. The third-order valence-corrected chi connectivity index (χ3v) is 4.06. The lowest BCUT2D eigenvalue weighted by molar-refractivity contribution is -0.129. The van der Waals surface area contributed by atoms with Crippen molar-refractivity contribution in [1.82, 2.24) is 5.43 Å². The Hall–Kier alpha value is -2.29. The highest BCUT2D eigenvalue weighted by molar-refractivity contribution is 5.90. The van der Waals surface area contributed by atoms with Crippen molar-refractivity contribution in [1.29, 1.82) is 0 Å². The molecule has 0 heterocycles. The van der Waals surface area contributed by atoms with E-state index in [4.69, 9.17) is 0 Å². The molecule has 1 fully saturated rings. The van der Waals surface area contributed by atoms with Crippen LogP contribution in [0.4, 0.5) is 5.69 Å². The molecule has 0 unspecified atom stereocenters. The van der Waals surface area contributed by atoms with Gasteiger partial charge in [-0.3, -0.25) is 15.6 Å². The molecule has 1 saturated carbocycles. The minimum absolute atomic E-state index is 0.0544. The van der Waals surface area contributed by atoms with Crippen LogP contribution in [0.25, 0.3) is 0 Å². The molecule has 0 spiro atoms. The Labute approximate surface area is 119 Å². The summed E-state index contributed by atoms with van der Waals surface area (Å²) in [7, 11) is 0. The number of hydrogen-bond acceptors (Lipinski definition) is 2. The minimum atomic E-state index is -0.358. The zero-order valence-electron chi connectivity index (χ0n) is 11.3. The largest absolute Gasteiger partial charge is 0.299 e. The Morgan fingerprint density at radius 2 is 1.50 bits per heavy atom. The zero-order valence-corrected chi connectivity index (χ0v) is 11.3. The van der Waals surface area contributed by atoms with Crippen LogP contribution in [0.1, 0.15) is 24.8 Å². The van der Waals surface area contributed by atoms with Crippen molar-refractivity contribution in [3.05, 3.63) is 66.2 Å². The molecule has 3 heteroatoms. The molecule has 0 saturated heterocycles. The van der Waals surface area contributed by atoms with Crippen LogP contribution in [0.3, 0.4) is 0 Å². The predicted molar refractivity (Wildman–Crippen MR) is 80.2 cm³/mol. The molecule has 1 aliphatic carbocycles. The fourth-order valence-corrected chi connectivity index (χ4v) is 2.70. The molecular formula is C17H18N2O. The molecule has 1 aliphatic rings. The second kappa shape index (κ2) is 5.37. The summed E-state index contributed by atoms with van der Waals surface area (Å²) in [6, 6.07) is 19.7. The van der Waals surface area contributed by atoms with Gasteiger partial charge in [0.1, 0.15) is 0 Å². The fraction of sp³-hybridized carbons (Fsp3) is 0.235. The first-order valence-electron chi connectivity index (χ1n) is 6.98. The van der Waals surface area contributed by atoms with Crippen molar-refractivity contribution in [2.75, 3.05) is 5.43 Å². The van der Waals surface area contributed by atoms with Gasteiger partial charge in [0.2, 0.25) is 5.91 Å². The highest BCUT2D eigenvalue weighted by Gasteiger charge is 2.45. The second-order valence-corrected chi connectivity index (χ2v) is 5.25. The van der Waals surface area contributed by atoms with E-state index in [9.17, 15) is 4.79 Å². The highest BCUT2D eigenvalue weighted by Crippen LogP contribution is 2.43. The van der Waals surface area contributed by atoms with Crippen molar-refractivity contribution < 1.29 is 4.79 Å². The van der Waals surface area contributed by atoms with Gasteiger partial charge in [-0.05, 0) is 30.5 Å². The van der Waals surface area contributed by atoms with Gasteiger partial charge in [-0.1, -0.05) is 55.0 Å². The maximum atomic E-state index is 12.5. The molecular weight excluding hydrogens is 248 g/mol. The number of rotatable bonds is 4. The summed E-state index contributed by atoms with van der Waals surface area (Å²) < 4.78 is 0. The van der Waals surface area contributed by atoms with Crippen LogP contribution >= 0.6 is 0 Å². The first-order chi connectivity index (χ1) is 9.81. The standard InChI is InChI=1S/C17H18N2O/c20-16(19-18-15-10-5-2-6-11-15)17(12-7-13-17)14-8-3-1-4-9-14/h1-6,8-11,18H,7,12-13H2,(H,19,20). The first-order valence-corrected chi connectivity index (χ1v) is 6.98. The van der Waals surface area contributed by atoms with Crippen LogP contribution in [0.5, 0.6) is 0 Å². The van der Waals surface area contributed by atoms with E-state index < -0.39 is 0 Å². The van der Waals surface area contributed by atoms with Crippen molar-refractivity contribution >= 4 is 11.6 Å². The normalized spacial score (nSPS) is 16.0. The van der Waals surface area contributed by atoms with Gasteiger partial charge in [-0.2, -0.15) is 0 Å².